The third-order valence-corrected chi connectivity index (χ3v) is 4.38. The van der Waals surface area contributed by atoms with Crippen molar-refractivity contribution in [1.29, 1.82) is 0 Å². The first-order valence-electron chi connectivity index (χ1n) is 6.99. The number of aromatic nitrogens is 2. The minimum Gasteiger partial charge on any atom is -0.383 e. The lowest BCUT2D eigenvalue weighted by Crippen LogP contribution is -2.20. The summed E-state index contributed by atoms with van der Waals surface area (Å²) in [6.45, 7) is 4.66. The number of hydrogen-bond acceptors (Lipinski definition) is 5. The first kappa shape index (κ1) is 16.4. The van der Waals surface area contributed by atoms with Crippen molar-refractivity contribution in [3.8, 4) is 10.6 Å². The van der Waals surface area contributed by atoms with Crippen molar-refractivity contribution in [3.05, 3.63) is 33.8 Å². The standard InChI is InChI=1S/C15H20ClN3OS/c1-11-5-6-12(16)10-13(11)15-19-18-14(21-15)4-3-7-17-8-9-20-2/h5-6,10,17H,3-4,7-9H2,1-2H3. The zero-order chi connectivity index (χ0) is 15.1. The fourth-order valence-electron chi connectivity index (χ4n) is 1.95. The van der Waals surface area contributed by atoms with Crippen LogP contribution < -0.4 is 5.32 Å². The Kier molecular flexibility index (Phi) is 6.57. The predicted octanol–water partition coefficient (Wildman–Crippen LogP) is 3.34. The van der Waals surface area contributed by atoms with Gasteiger partial charge in [-0.15, -0.1) is 10.2 Å². The number of ether oxygens (including phenoxy) is 1. The molecule has 114 valence electrons. The number of hydrogen-bond donors (Lipinski definition) is 1. The number of rotatable bonds is 8. The average molecular weight is 326 g/mol. The van der Waals surface area contributed by atoms with Gasteiger partial charge in [-0.3, -0.25) is 0 Å². The Morgan fingerprint density at radius 2 is 2.14 bits per heavy atom. The van der Waals surface area contributed by atoms with E-state index in [-0.39, 0.29) is 0 Å². The highest BCUT2D eigenvalue weighted by Crippen LogP contribution is 2.29. The van der Waals surface area contributed by atoms with Crippen molar-refractivity contribution in [2.24, 2.45) is 0 Å². The fraction of sp³-hybridized carbons (Fsp3) is 0.467. The summed E-state index contributed by atoms with van der Waals surface area (Å²) in [6, 6.07) is 5.86. The lowest BCUT2D eigenvalue weighted by Gasteiger charge is -2.02. The van der Waals surface area contributed by atoms with Crippen molar-refractivity contribution < 1.29 is 4.74 Å². The Labute approximate surface area is 134 Å². The van der Waals surface area contributed by atoms with E-state index in [2.05, 4.69) is 22.4 Å². The molecule has 0 aliphatic heterocycles. The van der Waals surface area contributed by atoms with Crippen LogP contribution in [-0.2, 0) is 11.2 Å². The third-order valence-electron chi connectivity index (χ3n) is 3.12. The SMILES string of the molecule is COCCNCCCc1nnc(-c2cc(Cl)ccc2C)s1. The van der Waals surface area contributed by atoms with Crippen molar-refractivity contribution in [2.45, 2.75) is 19.8 Å². The molecule has 0 fully saturated rings. The van der Waals surface area contributed by atoms with Crippen LogP contribution in [-0.4, -0.2) is 37.0 Å². The number of halogens is 1. The summed E-state index contributed by atoms with van der Waals surface area (Å²) >= 11 is 7.70. The average Bonchev–Trinajstić information content (AvgIpc) is 2.94. The van der Waals surface area contributed by atoms with Gasteiger partial charge in [0, 0.05) is 30.7 Å². The minimum absolute atomic E-state index is 0.731. The minimum atomic E-state index is 0.731. The van der Waals surface area contributed by atoms with Crippen LogP contribution in [0.5, 0.6) is 0 Å². The second-order valence-corrected chi connectivity index (χ2v) is 6.31. The van der Waals surface area contributed by atoms with Gasteiger partial charge in [0.05, 0.1) is 6.61 Å². The van der Waals surface area contributed by atoms with E-state index in [1.165, 1.54) is 5.56 Å². The third kappa shape index (κ3) is 5.04. The maximum atomic E-state index is 6.06. The molecule has 4 nitrogen and oxygen atoms in total. The van der Waals surface area contributed by atoms with Gasteiger partial charge in [-0.2, -0.15) is 0 Å². The molecule has 1 heterocycles. The highest BCUT2D eigenvalue weighted by molar-refractivity contribution is 7.14. The summed E-state index contributed by atoms with van der Waals surface area (Å²) in [6.07, 6.45) is 1.99. The first-order valence-corrected chi connectivity index (χ1v) is 8.18. The number of benzene rings is 1. The Hall–Kier alpha value is -1.01. The molecule has 21 heavy (non-hydrogen) atoms. The normalized spacial score (nSPS) is 11.0. The Bertz CT molecular complexity index is 574. The van der Waals surface area contributed by atoms with Crippen LogP contribution in [0.4, 0.5) is 0 Å². The van der Waals surface area contributed by atoms with Crippen LogP contribution in [0.2, 0.25) is 5.02 Å². The molecular formula is C15H20ClN3OS. The second-order valence-electron chi connectivity index (χ2n) is 4.81. The molecule has 2 rings (SSSR count). The summed E-state index contributed by atoms with van der Waals surface area (Å²) in [7, 11) is 1.71. The maximum Gasteiger partial charge on any atom is 0.148 e. The Morgan fingerprint density at radius 1 is 1.29 bits per heavy atom. The molecule has 2 aromatic rings. The maximum absolute atomic E-state index is 6.06. The summed E-state index contributed by atoms with van der Waals surface area (Å²) in [4.78, 5) is 0. The molecule has 6 heteroatoms. The van der Waals surface area contributed by atoms with E-state index in [0.717, 1.165) is 53.1 Å². The van der Waals surface area contributed by atoms with Crippen molar-refractivity contribution in [3.63, 3.8) is 0 Å². The van der Waals surface area contributed by atoms with Crippen molar-refractivity contribution >= 4 is 22.9 Å². The van der Waals surface area contributed by atoms with Crippen molar-refractivity contribution in [1.82, 2.24) is 15.5 Å². The molecule has 0 saturated carbocycles. The molecule has 0 aliphatic carbocycles. The van der Waals surface area contributed by atoms with E-state index in [4.69, 9.17) is 16.3 Å². The van der Waals surface area contributed by atoms with Crippen molar-refractivity contribution in [2.75, 3.05) is 26.8 Å². The highest BCUT2D eigenvalue weighted by Gasteiger charge is 2.09. The van der Waals surface area contributed by atoms with E-state index in [1.54, 1.807) is 18.4 Å². The predicted molar refractivity (Wildman–Crippen MR) is 88.2 cm³/mol. The monoisotopic (exact) mass is 325 g/mol. The van der Waals surface area contributed by atoms with E-state index in [1.807, 2.05) is 18.2 Å². The van der Waals surface area contributed by atoms with Crippen LogP contribution in [0.25, 0.3) is 10.6 Å². The molecule has 0 aliphatic rings. The molecule has 1 N–H and O–H groups in total. The summed E-state index contributed by atoms with van der Waals surface area (Å²) < 4.78 is 4.99. The van der Waals surface area contributed by atoms with Crippen LogP contribution in [0, 0.1) is 6.92 Å². The number of nitrogens with zero attached hydrogens (tertiary/aromatic N) is 2. The Morgan fingerprint density at radius 3 is 2.95 bits per heavy atom. The first-order chi connectivity index (χ1) is 10.2. The number of methoxy groups -OCH3 is 1. The lowest BCUT2D eigenvalue weighted by atomic mass is 10.1. The van der Waals surface area contributed by atoms with Crippen LogP contribution >= 0.6 is 22.9 Å². The summed E-state index contributed by atoms with van der Waals surface area (Å²) in [5, 5.41) is 14.6. The van der Waals surface area contributed by atoms with Gasteiger partial charge >= 0.3 is 0 Å². The highest BCUT2D eigenvalue weighted by atomic mass is 35.5. The second kappa shape index (κ2) is 8.44. The van der Waals surface area contributed by atoms with Gasteiger partial charge in [-0.05, 0) is 37.6 Å². The molecule has 0 spiro atoms. The largest absolute Gasteiger partial charge is 0.383 e. The molecule has 0 saturated heterocycles. The van der Waals surface area contributed by atoms with Gasteiger partial charge in [-0.25, -0.2) is 0 Å². The fourth-order valence-corrected chi connectivity index (χ4v) is 3.09. The van der Waals surface area contributed by atoms with Gasteiger partial charge in [0.15, 0.2) is 0 Å². The molecule has 0 bridgehead atoms. The zero-order valence-corrected chi connectivity index (χ0v) is 13.9. The van der Waals surface area contributed by atoms with Gasteiger partial charge in [0.2, 0.25) is 0 Å². The number of nitrogens with one attached hydrogen (secondary N) is 1. The van der Waals surface area contributed by atoms with Gasteiger partial charge in [0.1, 0.15) is 10.0 Å². The lowest BCUT2D eigenvalue weighted by molar-refractivity contribution is 0.199. The Balaban J connectivity index is 1.88. The molecular weight excluding hydrogens is 306 g/mol. The smallest absolute Gasteiger partial charge is 0.148 e. The van der Waals surface area contributed by atoms with E-state index in [0.29, 0.717) is 0 Å². The molecule has 0 radical (unpaired) electrons. The van der Waals surface area contributed by atoms with Crippen LogP contribution in [0.1, 0.15) is 17.0 Å². The molecule has 0 unspecified atom stereocenters. The zero-order valence-electron chi connectivity index (χ0n) is 12.4. The quantitative estimate of drug-likeness (QED) is 0.756. The molecule has 1 aromatic carbocycles. The van der Waals surface area contributed by atoms with Crippen LogP contribution in [0.3, 0.4) is 0 Å². The number of aryl methyl sites for hydroxylation is 2. The summed E-state index contributed by atoms with van der Waals surface area (Å²) in [5.74, 6) is 0. The summed E-state index contributed by atoms with van der Waals surface area (Å²) in [5.41, 5.74) is 2.24. The topological polar surface area (TPSA) is 47.0 Å². The van der Waals surface area contributed by atoms with Gasteiger partial charge in [0.25, 0.3) is 0 Å². The van der Waals surface area contributed by atoms with Gasteiger partial charge < -0.3 is 10.1 Å². The van der Waals surface area contributed by atoms with E-state index >= 15 is 0 Å². The van der Waals surface area contributed by atoms with E-state index in [9.17, 15) is 0 Å². The van der Waals surface area contributed by atoms with E-state index < -0.39 is 0 Å². The van der Waals surface area contributed by atoms with Crippen LogP contribution in [0.15, 0.2) is 18.2 Å². The molecule has 0 atom stereocenters. The molecule has 0 amide bonds. The molecule has 1 aromatic heterocycles. The van der Waals surface area contributed by atoms with Gasteiger partial charge in [-0.1, -0.05) is 29.0 Å².